The number of rotatable bonds is 5. The van der Waals surface area contributed by atoms with E-state index in [0.29, 0.717) is 15.7 Å². The maximum Gasteiger partial charge on any atom is 0.360 e. The second kappa shape index (κ2) is 8.41. The number of hydrogen-bond donors (Lipinski definition) is 1. The number of nitrogens with one attached hydrogen (secondary N) is 1. The van der Waals surface area contributed by atoms with Crippen LogP contribution in [-0.2, 0) is 4.74 Å². The minimum atomic E-state index is -0.705. The minimum Gasteiger partial charge on any atom is -0.461 e. The molecule has 1 amide bonds. The molecule has 0 unspecified atom stereocenters. The van der Waals surface area contributed by atoms with Crippen LogP contribution in [0, 0.1) is 5.82 Å². The zero-order valence-corrected chi connectivity index (χ0v) is 16.1. The lowest BCUT2D eigenvalue weighted by Crippen LogP contribution is -2.18. The Balaban J connectivity index is 2.05. The summed E-state index contributed by atoms with van der Waals surface area (Å²) in [6, 6.07) is 9.71. The Morgan fingerprint density at radius 3 is 2.39 bits per heavy atom. The SMILES string of the molecule is CCOC(=O)c1ncn(-c2cc(Cl)cc(Cl)c2)c1NC(=O)c1ccc(F)cc1. The monoisotopic (exact) mass is 421 g/mol. The van der Waals surface area contributed by atoms with Crippen molar-refractivity contribution in [3.63, 3.8) is 0 Å². The Morgan fingerprint density at radius 1 is 1.14 bits per heavy atom. The van der Waals surface area contributed by atoms with Crippen LogP contribution >= 0.6 is 23.2 Å². The fourth-order valence-electron chi connectivity index (χ4n) is 2.47. The molecule has 144 valence electrons. The van der Waals surface area contributed by atoms with Gasteiger partial charge in [-0.15, -0.1) is 0 Å². The first-order chi connectivity index (χ1) is 13.4. The van der Waals surface area contributed by atoms with Gasteiger partial charge in [0.2, 0.25) is 0 Å². The Hall–Kier alpha value is -2.90. The number of carbonyl (C=O) groups excluding carboxylic acids is 2. The highest BCUT2D eigenvalue weighted by Crippen LogP contribution is 2.27. The van der Waals surface area contributed by atoms with Gasteiger partial charge in [-0.3, -0.25) is 9.36 Å². The van der Waals surface area contributed by atoms with E-state index < -0.39 is 17.7 Å². The first-order valence-electron chi connectivity index (χ1n) is 8.17. The smallest absolute Gasteiger partial charge is 0.360 e. The number of ether oxygens (including phenoxy) is 1. The summed E-state index contributed by atoms with van der Waals surface area (Å²) < 4.78 is 19.6. The molecule has 0 saturated carbocycles. The van der Waals surface area contributed by atoms with E-state index in [1.54, 1.807) is 25.1 Å². The maximum absolute atomic E-state index is 13.1. The van der Waals surface area contributed by atoms with Crippen molar-refractivity contribution in [3.05, 3.63) is 75.9 Å². The molecule has 3 aromatic rings. The van der Waals surface area contributed by atoms with Gasteiger partial charge in [0.05, 0.1) is 12.3 Å². The van der Waals surface area contributed by atoms with Crippen LogP contribution in [0.15, 0.2) is 48.8 Å². The highest BCUT2D eigenvalue weighted by atomic mass is 35.5. The molecular formula is C19H14Cl2FN3O3. The zero-order chi connectivity index (χ0) is 20.3. The number of anilines is 1. The molecule has 0 aliphatic carbocycles. The van der Waals surface area contributed by atoms with Crippen molar-refractivity contribution in [1.29, 1.82) is 0 Å². The van der Waals surface area contributed by atoms with Gasteiger partial charge < -0.3 is 10.1 Å². The fourth-order valence-corrected chi connectivity index (χ4v) is 2.99. The molecule has 1 heterocycles. The van der Waals surface area contributed by atoms with Gasteiger partial charge in [0.1, 0.15) is 12.1 Å². The molecular weight excluding hydrogens is 408 g/mol. The molecule has 6 nitrogen and oxygen atoms in total. The van der Waals surface area contributed by atoms with E-state index in [0.717, 1.165) is 12.1 Å². The van der Waals surface area contributed by atoms with Crippen molar-refractivity contribution < 1.29 is 18.7 Å². The molecule has 9 heteroatoms. The number of halogens is 3. The van der Waals surface area contributed by atoms with Gasteiger partial charge in [-0.25, -0.2) is 14.2 Å². The van der Waals surface area contributed by atoms with E-state index in [9.17, 15) is 14.0 Å². The third kappa shape index (κ3) is 4.32. The van der Waals surface area contributed by atoms with Crippen LogP contribution in [-0.4, -0.2) is 28.0 Å². The van der Waals surface area contributed by atoms with Crippen LogP contribution in [0.25, 0.3) is 5.69 Å². The highest BCUT2D eigenvalue weighted by molar-refractivity contribution is 6.34. The molecule has 0 spiro atoms. The topological polar surface area (TPSA) is 73.2 Å². The third-order valence-electron chi connectivity index (χ3n) is 3.70. The van der Waals surface area contributed by atoms with Crippen molar-refractivity contribution in [2.24, 2.45) is 0 Å². The van der Waals surface area contributed by atoms with E-state index in [-0.39, 0.29) is 23.7 Å². The average molecular weight is 422 g/mol. The molecule has 0 aliphatic rings. The average Bonchev–Trinajstić information content (AvgIpc) is 3.05. The highest BCUT2D eigenvalue weighted by Gasteiger charge is 2.23. The van der Waals surface area contributed by atoms with Crippen molar-refractivity contribution in [2.45, 2.75) is 6.92 Å². The van der Waals surface area contributed by atoms with Gasteiger partial charge in [0.25, 0.3) is 5.91 Å². The summed E-state index contributed by atoms with van der Waals surface area (Å²) in [5, 5.41) is 3.35. The Morgan fingerprint density at radius 2 is 1.79 bits per heavy atom. The predicted octanol–water partition coefficient (Wildman–Crippen LogP) is 4.75. The Kier molecular flexibility index (Phi) is 5.96. The summed E-state index contributed by atoms with van der Waals surface area (Å²) in [7, 11) is 0. The number of nitrogens with zero attached hydrogens (tertiary/aromatic N) is 2. The minimum absolute atomic E-state index is 0.0751. The summed E-state index contributed by atoms with van der Waals surface area (Å²) in [5.74, 6) is -1.65. The quantitative estimate of drug-likeness (QED) is 0.603. The number of imidazole rings is 1. The summed E-state index contributed by atoms with van der Waals surface area (Å²) in [6.07, 6.45) is 1.34. The normalized spacial score (nSPS) is 10.6. The lowest BCUT2D eigenvalue weighted by molar-refractivity contribution is 0.0521. The van der Waals surface area contributed by atoms with E-state index in [1.807, 2.05) is 0 Å². The van der Waals surface area contributed by atoms with Crippen molar-refractivity contribution in [3.8, 4) is 5.69 Å². The van der Waals surface area contributed by atoms with Crippen LogP contribution in [0.2, 0.25) is 10.0 Å². The van der Waals surface area contributed by atoms with Gasteiger partial charge in [-0.05, 0) is 49.4 Å². The van der Waals surface area contributed by atoms with Gasteiger partial charge >= 0.3 is 5.97 Å². The molecule has 3 rings (SSSR count). The molecule has 0 bridgehead atoms. The van der Waals surface area contributed by atoms with Crippen molar-refractivity contribution in [2.75, 3.05) is 11.9 Å². The third-order valence-corrected chi connectivity index (χ3v) is 4.14. The lowest BCUT2D eigenvalue weighted by atomic mass is 10.2. The van der Waals surface area contributed by atoms with Crippen molar-refractivity contribution >= 4 is 40.9 Å². The van der Waals surface area contributed by atoms with Crippen LogP contribution in [0.1, 0.15) is 27.8 Å². The number of carbonyl (C=O) groups is 2. The van der Waals surface area contributed by atoms with Crippen LogP contribution in [0.4, 0.5) is 10.2 Å². The molecule has 1 N–H and O–H groups in total. The van der Waals surface area contributed by atoms with E-state index >= 15 is 0 Å². The lowest BCUT2D eigenvalue weighted by Gasteiger charge is -2.12. The Bertz CT molecular complexity index is 1020. The summed E-state index contributed by atoms with van der Waals surface area (Å²) >= 11 is 12.1. The van der Waals surface area contributed by atoms with E-state index in [4.69, 9.17) is 27.9 Å². The standard InChI is InChI=1S/C19H14Cl2FN3O3/c1-2-28-19(27)16-17(24-18(26)11-3-5-14(22)6-4-11)25(10-23-16)15-8-12(20)7-13(21)9-15/h3-10H,2H2,1H3,(H,24,26). The molecule has 0 radical (unpaired) electrons. The van der Waals surface area contributed by atoms with Gasteiger partial charge in [-0.1, -0.05) is 23.2 Å². The van der Waals surface area contributed by atoms with Gasteiger partial charge in [-0.2, -0.15) is 0 Å². The zero-order valence-electron chi connectivity index (χ0n) is 14.6. The van der Waals surface area contributed by atoms with Gasteiger partial charge in [0.15, 0.2) is 11.5 Å². The molecule has 0 fully saturated rings. The van der Waals surface area contributed by atoms with Crippen molar-refractivity contribution in [1.82, 2.24) is 9.55 Å². The molecule has 0 saturated heterocycles. The largest absolute Gasteiger partial charge is 0.461 e. The molecule has 28 heavy (non-hydrogen) atoms. The number of aromatic nitrogens is 2. The first-order valence-corrected chi connectivity index (χ1v) is 8.92. The number of hydrogen-bond acceptors (Lipinski definition) is 4. The first kappa shape index (κ1) is 19.9. The number of amides is 1. The second-order valence-electron chi connectivity index (χ2n) is 5.62. The molecule has 1 aromatic heterocycles. The summed E-state index contributed by atoms with van der Waals surface area (Å²) in [5.41, 5.74) is 0.594. The molecule has 0 atom stereocenters. The molecule has 0 aliphatic heterocycles. The Labute approximate surface area is 169 Å². The second-order valence-corrected chi connectivity index (χ2v) is 6.49. The summed E-state index contributed by atoms with van der Waals surface area (Å²) in [4.78, 5) is 28.9. The van der Waals surface area contributed by atoms with Crippen LogP contribution < -0.4 is 5.32 Å². The van der Waals surface area contributed by atoms with E-state index in [2.05, 4.69) is 10.3 Å². The summed E-state index contributed by atoms with van der Waals surface area (Å²) in [6.45, 7) is 1.79. The van der Waals surface area contributed by atoms with Crippen LogP contribution in [0.3, 0.4) is 0 Å². The van der Waals surface area contributed by atoms with Crippen LogP contribution in [0.5, 0.6) is 0 Å². The number of esters is 1. The molecule has 2 aromatic carbocycles. The predicted molar refractivity (Wildman–Crippen MR) is 104 cm³/mol. The fraction of sp³-hybridized carbons (Fsp3) is 0.105. The van der Waals surface area contributed by atoms with E-state index in [1.165, 1.54) is 23.0 Å². The maximum atomic E-state index is 13.1. The van der Waals surface area contributed by atoms with Gasteiger partial charge in [0, 0.05) is 15.6 Å². The number of benzene rings is 2.